The van der Waals surface area contributed by atoms with Crippen molar-refractivity contribution in [2.45, 2.75) is 25.2 Å². The predicted octanol–water partition coefficient (Wildman–Crippen LogP) is 3.44. The zero-order chi connectivity index (χ0) is 22.2. The van der Waals surface area contributed by atoms with Gasteiger partial charge in [-0.15, -0.1) is 0 Å². The molecule has 1 N–H and O–H groups in total. The number of hydrogen-bond acceptors (Lipinski definition) is 5. The van der Waals surface area contributed by atoms with Crippen molar-refractivity contribution in [1.82, 2.24) is 19.7 Å². The van der Waals surface area contributed by atoms with E-state index in [1.54, 1.807) is 17.0 Å². The Balaban J connectivity index is 1.71. The van der Waals surface area contributed by atoms with Crippen LogP contribution in [0.4, 0.5) is 18.9 Å². The first-order valence-corrected chi connectivity index (χ1v) is 9.86. The smallest absolute Gasteiger partial charge is 0.382 e. The summed E-state index contributed by atoms with van der Waals surface area (Å²) in [5, 5.41) is 6.11. The quantitative estimate of drug-likeness (QED) is 0.640. The molecule has 0 amide bonds. The molecule has 0 bridgehead atoms. The van der Waals surface area contributed by atoms with Gasteiger partial charge in [-0.25, -0.2) is 10.1 Å². The lowest BCUT2D eigenvalue weighted by molar-refractivity contribution is -0.138. The van der Waals surface area contributed by atoms with E-state index in [0.717, 1.165) is 11.8 Å². The number of alkyl halides is 3. The number of ether oxygens (including phenoxy) is 1. The Labute approximate surface area is 180 Å². The average molecular weight is 454 g/mol. The molecule has 31 heavy (non-hydrogen) atoms. The Morgan fingerprint density at radius 1 is 1.32 bits per heavy atom. The van der Waals surface area contributed by atoms with Gasteiger partial charge in [0.2, 0.25) is 0 Å². The highest BCUT2D eigenvalue weighted by Crippen LogP contribution is 2.37. The van der Waals surface area contributed by atoms with Gasteiger partial charge in [0.25, 0.3) is 5.56 Å². The van der Waals surface area contributed by atoms with E-state index in [0.29, 0.717) is 30.9 Å². The van der Waals surface area contributed by atoms with E-state index in [9.17, 15) is 18.0 Å². The van der Waals surface area contributed by atoms with Crippen LogP contribution in [0.5, 0.6) is 0 Å². The number of imidazole rings is 1. The van der Waals surface area contributed by atoms with Gasteiger partial charge in [-0.2, -0.15) is 18.3 Å². The number of methoxy groups -OCH3 is 1. The minimum absolute atomic E-state index is 0.0363. The highest BCUT2D eigenvalue weighted by Gasteiger charge is 2.36. The first-order chi connectivity index (χ1) is 14.8. The van der Waals surface area contributed by atoms with Gasteiger partial charge >= 0.3 is 6.18 Å². The van der Waals surface area contributed by atoms with Crippen molar-refractivity contribution < 1.29 is 17.9 Å². The first-order valence-electron chi connectivity index (χ1n) is 9.49. The van der Waals surface area contributed by atoms with Crippen molar-refractivity contribution in [3.05, 3.63) is 74.7 Å². The maximum atomic E-state index is 13.6. The topological polar surface area (TPSA) is 76.0 Å². The summed E-state index contributed by atoms with van der Waals surface area (Å²) in [4.78, 5) is 18.1. The van der Waals surface area contributed by atoms with Crippen molar-refractivity contribution in [3.8, 4) is 0 Å². The second-order valence-electron chi connectivity index (χ2n) is 7.17. The number of hydrogen-bond donors (Lipinski definition) is 1. The summed E-state index contributed by atoms with van der Waals surface area (Å²) < 4.78 is 47.9. The van der Waals surface area contributed by atoms with Crippen LogP contribution >= 0.6 is 11.6 Å². The summed E-state index contributed by atoms with van der Waals surface area (Å²) in [7, 11) is 1.45. The summed E-state index contributed by atoms with van der Waals surface area (Å²) >= 11 is 6.12. The fourth-order valence-corrected chi connectivity index (χ4v) is 4.13. The van der Waals surface area contributed by atoms with Crippen molar-refractivity contribution >= 4 is 17.3 Å². The summed E-state index contributed by atoms with van der Waals surface area (Å²) in [6.07, 6.45) is -0.960. The van der Waals surface area contributed by atoms with Crippen LogP contribution in [0.25, 0.3) is 0 Å². The minimum atomic E-state index is -4.48. The first kappa shape index (κ1) is 21.4. The van der Waals surface area contributed by atoms with Crippen LogP contribution < -0.4 is 10.5 Å². The molecule has 11 heteroatoms. The zero-order valence-corrected chi connectivity index (χ0v) is 17.2. The summed E-state index contributed by atoms with van der Waals surface area (Å²) in [5.74, 6) is 0. The molecule has 164 valence electrons. The number of fused-ring (bicyclic) bond motifs is 1. The van der Waals surface area contributed by atoms with E-state index < -0.39 is 23.3 Å². The third-order valence-electron chi connectivity index (χ3n) is 5.35. The molecular formula is C20H19ClF3N5O2. The van der Waals surface area contributed by atoms with Gasteiger partial charge < -0.3 is 14.2 Å². The lowest BCUT2D eigenvalue weighted by atomic mass is 9.99. The molecule has 0 saturated heterocycles. The SMILES string of the molecule is COC[C@H](c1ccccc1C(F)(F)F)n1cnc2c1CCN(c1cn[nH]c(=O)c1Cl)C2. The van der Waals surface area contributed by atoms with Gasteiger partial charge in [0.15, 0.2) is 0 Å². The molecule has 3 heterocycles. The van der Waals surface area contributed by atoms with Gasteiger partial charge in [-0.1, -0.05) is 29.8 Å². The van der Waals surface area contributed by atoms with E-state index in [-0.39, 0.29) is 17.2 Å². The number of nitrogens with one attached hydrogen (secondary N) is 1. The van der Waals surface area contributed by atoms with Gasteiger partial charge in [-0.3, -0.25) is 4.79 Å². The van der Waals surface area contributed by atoms with Crippen LogP contribution in [-0.2, 0) is 23.9 Å². The normalized spacial score (nSPS) is 15.1. The second-order valence-corrected chi connectivity index (χ2v) is 7.55. The fraction of sp³-hybridized carbons (Fsp3) is 0.350. The monoisotopic (exact) mass is 453 g/mol. The number of aromatic nitrogens is 4. The van der Waals surface area contributed by atoms with E-state index in [4.69, 9.17) is 16.3 Å². The predicted molar refractivity (Wildman–Crippen MR) is 108 cm³/mol. The van der Waals surface area contributed by atoms with Gasteiger partial charge in [0.05, 0.1) is 48.7 Å². The van der Waals surface area contributed by atoms with Crippen LogP contribution in [0.1, 0.15) is 28.6 Å². The Bertz CT molecular complexity index is 1140. The molecular weight excluding hydrogens is 435 g/mol. The van der Waals surface area contributed by atoms with Crippen molar-refractivity contribution in [1.29, 1.82) is 0 Å². The highest BCUT2D eigenvalue weighted by atomic mass is 35.5. The second kappa shape index (κ2) is 8.35. The molecule has 1 aliphatic heterocycles. The molecule has 2 aromatic heterocycles. The van der Waals surface area contributed by atoms with Crippen molar-refractivity contribution in [2.75, 3.05) is 25.2 Å². The highest BCUT2D eigenvalue weighted by molar-refractivity contribution is 6.32. The van der Waals surface area contributed by atoms with Crippen LogP contribution in [-0.4, -0.2) is 40.0 Å². The molecule has 0 spiro atoms. The third-order valence-corrected chi connectivity index (χ3v) is 5.71. The number of aromatic amines is 1. The number of halogens is 4. The maximum Gasteiger partial charge on any atom is 0.416 e. The van der Waals surface area contributed by atoms with Crippen LogP contribution in [0, 0.1) is 0 Å². The van der Waals surface area contributed by atoms with Crippen LogP contribution in [0.2, 0.25) is 5.02 Å². The Kier molecular flexibility index (Phi) is 5.76. The average Bonchev–Trinajstić information content (AvgIpc) is 3.16. The Hall–Kier alpha value is -2.85. The molecule has 4 rings (SSSR count). The van der Waals surface area contributed by atoms with E-state index in [2.05, 4.69) is 15.2 Å². The zero-order valence-electron chi connectivity index (χ0n) is 16.5. The number of nitrogens with zero attached hydrogens (tertiary/aromatic N) is 4. The molecule has 3 aromatic rings. The molecule has 0 fully saturated rings. The van der Waals surface area contributed by atoms with Gasteiger partial charge in [0.1, 0.15) is 5.02 Å². The Morgan fingerprint density at radius 2 is 2.10 bits per heavy atom. The molecule has 7 nitrogen and oxygen atoms in total. The number of anilines is 1. The van der Waals surface area contributed by atoms with Crippen LogP contribution in [0.15, 0.2) is 41.6 Å². The van der Waals surface area contributed by atoms with E-state index in [1.165, 1.54) is 25.4 Å². The van der Waals surface area contributed by atoms with Crippen LogP contribution in [0.3, 0.4) is 0 Å². The molecule has 1 aliphatic rings. The maximum absolute atomic E-state index is 13.6. The van der Waals surface area contributed by atoms with Gasteiger partial charge in [0, 0.05) is 25.8 Å². The standard InChI is InChI=1S/C20H19ClF3N5O2/c1-31-10-17(12-4-2-3-5-13(12)20(22,23)24)29-11-25-14-9-28(7-6-15(14)29)16-8-26-27-19(30)18(16)21/h2-5,8,11,17H,6-7,9-10H2,1H3,(H,27,30)/t17-/m1/s1. The molecule has 1 aromatic carbocycles. The Morgan fingerprint density at radius 3 is 2.84 bits per heavy atom. The molecule has 0 radical (unpaired) electrons. The summed E-state index contributed by atoms with van der Waals surface area (Å²) in [5.41, 5.74) is 0.956. The molecule has 0 aliphatic carbocycles. The lowest BCUT2D eigenvalue weighted by Crippen LogP contribution is -2.33. The lowest BCUT2D eigenvalue weighted by Gasteiger charge is -2.31. The minimum Gasteiger partial charge on any atom is -0.382 e. The van der Waals surface area contributed by atoms with E-state index in [1.807, 2.05) is 4.90 Å². The fourth-order valence-electron chi connectivity index (χ4n) is 3.92. The number of H-pyrrole nitrogens is 1. The van der Waals surface area contributed by atoms with E-state index >= 15 is 0 Å². The molecule has 1 atom stereocenters. The summed E-state index contributed by atoms with van der Waals surface area (Å²) in [6, 6.07) is 4.81. The number of benzene rings is 1. The van der Waals surface area contributed by atoms with Crippen molar-refractivity contribution in [2.24, 2.45) is 0 Å². The van der Waals surface area contributed by atoms with Crippen molar-refractivity contribution in [3.63, 3.8) is 0 Å². The summed E-state index contributed by atoms with van der Waals surface area (Å²) in [6.45, 7) is 0.918. The third kappa shape index (κ3) is 4.05. The van der Waals surface area contributed by atoms with Gasteiger partial charge in [-0.05, 0) is 11.6 Å². The molecule has 0 unspecified atom stereocenters. The molecule has 0 saturated carbocycles. The largest absolute Gasteiger partial charge is 0.416 e. The number of rotatable bonds is 5.